The van der Waals surface area contributed by atoms with Crippen molar-refractivity contribution in [2.24, 2.45) is 28.6 Å². The number of ether oxygens (including phenoxy) is 3. The molecule has 0 aromatic heterocycles. The quantitative estimate of drug-likeness (QED) is 0.683. The fourth-order valence-electron chi connectivity index (χ4n) is 8.54. The summed E-state index contributed by atoms with van der Waals surface area (Å²) in [4.78, 5) is 0. The summed E-state index contributed by atoms with van der Waals surface area (Å²) in [6.07, 6.45) is 9.20. The Hall–Kier alpha value is -0.160. The molecule has 0 bridgehead atoms. The Morgan fingerprint density at radius 3 is 2.36 bits per heavy atom. The number of hydrogen-bond donors (Lipinski definition) is 1. The molecule has 2 heterocycles. The minimum absolute atomic E-state index is 0.00375. The van der Waals surface area contributed by atoms with Crippen LogP contribution in [0.5, 0.6) is 0 Å². The summed E-state index contributed by atoms with van der Waals surface area (Å²) in [6, 6.07) is 0. The second-order valence-electron chi connectivity index (χ2n) is 10.4. The zero-order valence-electron chi connectivity index (χ0n) is 15.6. The molecular formula is C21H32O4. The second-order valence-corrected chi connectivity index (χ2v) is 10.4. The normalized spacial score (nSPS) is 61.3. The van der Waals surface area contributed by atoms with Gasteiger partial charge in [-0.1, -0.05) is 13.8 Å². The Labute approximate surface area is 150 Å². The highest BCUT2D eigenvalue weighted by Gasteiger charge is 2.77. The van der Waals surface area contributed by atoms with Crippen molar-refractivity contribution in [3.05, 3.63) is 0 Å². The molecule has 140 valence electrons. The summed E-state index contributed by atoms with van der Waals surface area (Å²) >= 11 is 0. The van der Waals surface area contributed by atoms with E-state index >= 15 is 0 Å². The number of aliphatic hydroxyl groups is 1. The molecule has 0 radical (unpaired) electrons. The smallest absolute Gasteiger partial charge is 0.174 e. The molecule has 0 amide bonds. The van der Waals surface area contributed by atoms with Crippen LogP contribution in [0.1, 0.15) is 65.2 Å². The van der Waals surface area contributed by atoms with Gasteiger partial charge in [0.15, 0.2) is 5.79 Å². The van der Waals surface area contributed by atoms with Gasteiger partial charge in [0.1, 0.15) is 5.60 Å². The summed E-state index contributed by atoms with van der Waals surface area (Å²) in [5, 5.41) is 10.3. The predicted molar refractivity (Wildman–Crippen MR) is 91.9 cm³/mol. The molecule has 25 heavy (non-hydrogen) atoms. The highest BCUT2D eigenvalue weighted by molar-refractivity contribution is 5.24. The molecular weight excluding hydrogens is 316 g/mol. The van der Waals surface area contributed by atoms with Crippen molar-refractivity contribution in [1.29, 1.82) is 0 Å². The molecule has 2 spiro atoms. The third kappa shape index (κ3) is 1.66. The molecule has 6 rings (SSSR count). The van der Waals surface area contributed by atoms with Crippen LogP contribution in [0.25, 0.3) is 0 Å². The van der Waals surface area contributed by atoms with Crippen molar-refractivity contribution >= 4 is 0 Å². The maximum absolute atomic E-state index is 10.3. The lowest BCUT2D eigenvalue weighted by Crippen LogP contribution is -2.60. The molecule has 7 unspecified atom stereocenters. The number of epoxide rings is 1. The van der Waals surface area contributed by atoms with E-state index in [9.17, 15) is 5.11 Å². The molecule has 1 N–H and O–H groups in total. The van der Waals surface area contributed by atoms with Crippen LogP contribution < -0.4 is 0 Å². The minimum Gasteiger partial charge on any atom is -0.393 e. The van der Waals surface area contributed by atoms with Crippen LogP contribution in [-0.2, 0) is 14.2 Å². The van der Waals surface area contributed by atoms with Gasteiger partial charge in [0.05, 0.1) is 25.4 Å². The van der Waals surface area contributed by atoms with E-state index in [1.54, 1.807) is 0 Å². The molecule has 6 aliphatic rings. The SMILES string of the molecule is CC12CCC3C(CC4OC45C[C@@H](O)CCC35C)C1CCC21OCCO1. The second kappa shape index (κ2) is 4.63. The predicted octanol–water partition coefficient (Wildman–Crippen LogP) is 3.26. The van der Waals surface area contributed by atoms with E-state index in [1.807, 2.05) is 0 Å². The van der Waals surface area contributed by atoms with E-state index in [1.165, 1.54) is 25.7 Å². The highest BCUT2D eigenvalue weighted by atomic mass is 16.7. The lowest BCUT2D eigenvalue weighted by atomic mass is 9.44. The maximum atomic E-state index is 10.3. The van der Waals surface area contributed by atoms with Crippen LogP contribution in [0.4, 0.5) is 0 Å². The fourth-order valence-corrected chi connectivity index (χ4v) is 8.54. The average molecular weight is 348 g/mol. The average Bonchev–Trinajstić information content (AvgIpc) is 2.95. The minimum atomic E-state index is -0.300. The third-order valence-electron chi connectivity index (χ3n) is 9.86. The van der Waals surface area contributed by atoms with Gasteiger partial charge in [-0.2, -0.15) is 0 Å². The molecule has 6 fully saturated rings. The Bertz CT molecular complexity index is 601. The lowest BCUT2D eigenvalue weighted by Gasteiger charge is -2.59. The number of aliphatic hydroxyl groups excluding tert-OH is 1. The summed E-state index contributed by atoms with van der Waals surface area (Å²) in [5.74, 6) is 1.89. The number of hydrogen-bond acceptors (Lipinski definition) is 4. The van der Waals surface area contributed by atoms with Crippen LogP contribution in [-0.4, -0.2) is 41.9 Å². The van der Waals surface area contributed by atoms with Crippen LogP contribution in [0, 0.1) is 28.6 Å². The first-order chi connectivity index (χ1) is 11.9. The summed E-state index contributed by atoms with van der Waals surface area (Å²) in [5.41, 5.74) is 0.425. The third-order valence-corrected chi connectivity index (χ3v) is 9.86. The standard InChI is InChI=1S/C21H32O4/c1-18-6-3-13(22)12-20(18)17(25-20)11-14-15(18)4-7-19(2)16(14)5-8-21(19)23-9-10-24-21/h13-17,22H,3-12H2,1-2H3/t13-,14?,15?,16?,17?,18?,19?,20?/m0/s1. The Morgan fingerprint density at radius 1 is 0.880 bits per heavy atom. The van der Waals surface area contributed by atoms with Gasteiger partial charge in [0.2, 0.25) is 0 Å². The van der Waals surface area contributed by atoms with Crippen LogP contribution in [0.3, 0.4) is 0 Å². The number of rotatable bonds is 0. The van der Waals surface area contributed by atoms with E-state index in [4.69, 9.17) is 14.2 Å². The van der Waals surface area contributed by atoms with Gasteiger partial charge in [0.25, 0.3) is 0 Å². The summed E-state index contributed by atoms with van der Waals surface area (Å²) in [7, 11) is 0. The van der Waals surface area contributed by atoms with Crippen molar-refractivity contribution in [2.75, 3.05) is 13.2 Å². The Balaban J connectivity index is 1.36. The monoisotopic (exact) mass is 348 g/mol. The fraction of sp³-hybridized carbons (Fsp3) is 1.00. The van der Waals surface area contributed by atoms with Gasteiger partial charge in [-0.3, -0.25) is 0 Å². The maximum Gasteiger partial charge on any atom is 0.174 e. The molecule has 4 aliphatic carbocycles. The molecule has 0 aromatic carbocycles. The number of fused-ring (bicyclic) bond motifs is 5. The van der Waals surface area contributed by atoms with Crippen molar-refractivity contribution in [3.63, 3.8) is 0 Å². The first kappa shape index (κ1) is 15.9. The first-order valence-corrected chi connectivity index (χ1v) is 10.6. The van der Waals surface area contributed by atoms with Crippen LogP contribution in [0.15, 0.2) is 0 Å². The first-order valence-electron chi connectivity index (χ1n) is 10.6. The van der Waals surface area contributed by atoms with Gasteiger partial charge in [-0.25, -0.2) is 0 Å². The van der Waals surface area contributed by atoms with Crippen molar-refractivity contribution in [3.8, 4) is 0 Å². The zero-order valence-corrected chi connectivity index (χ0v) is 15.6. The lowest BCUT2D eigenvalue weighted by molar-refractivity contribution is -0.245. The Morgan fingerprint density at radius 2 is 1.56 bits per heavy atom. The Kier molecular flexibility index (Phi) is 2.93. The van der Waals surface area contributed by atoms with E-state index in [-0.39, 0.29) is 28.3 Å². The van der Waals surface area contributed by atoms with Gasteiger partial charge in [-0.05, 0) is 56.3 Å². The van der Waals surface area contributed by atoms with Crippen molar-refractivity contribution in [2.45, 2.75) is 88.8 Å². The van der Waals surface area contributed by atoms with E-state index in [2.05, 4.69) is 13.8 Å². The van der Waals surface area contributed by atoms with Crippen molar-refractivity contribution < 1.29 is 19.3 Å². The molecule has 2 aliphatic heterocycles. The zero-order chi connectivity index (χ0) is 17.1. The van der Waals surface area contributed by atoms with Gasteiger partial charge < -0.3 is 19.3 Å². The molecule has 4 nitrogen and oxygen atoms in total. The van der Waals surface area contributed by atoms with Crippen LogP contribution >= 0.6 is 0 Å². The van der Waals surface area contributed by atoms with Crippen LogP contribution in [0.2, 0.25) is 0 Å². The van der Waals surface area contributed by atoms with Crippen molar-refractivity contribution in [1.82, 2.24) is 0 Å². The largest absolute Gasteiger partial charge is 0.393 e. The van der Waals surface area contributed by atoms with Gasteiger partial charge >= 0.3 is 0 Å². The molecule has 4 heteroatoms. The summed E-state index contributed by atoms with van der Waals surface area (Å²) < 4.78 is 18.9. The molecule has 8 atom stereocenters. The molecule has 0 aromatic rings. The highest BCUT2D eigenvalue weighted by Crippen LogP contribution is 2.74. The topological polar surface area (TPSA) is 51.2 Å². The van der Waals surface area contributed by atoms with Gasteiger partial charge in [0, 0.05) is 23.7 Å². The van der Waals surface area contributed by atoms with Gasteiger partial charge in [-0.15, -0.1) is 0 Å². The molecule has 2 saturated heterocycles. The van der Waals surface area contributed by atoms with E-state index in [0.717, 1.165) is 50.7 Å². The van der Waals surface area contributed by atoms with E-state index in [0.29, 0.717) is 12.0 Å². The molecule has 4 saturated carbocycles. The summed E-state index contributed by atoms with van der Waals surface area (Å²) in [6.45, 7) is 6.47. The van der Waals surface area contributed by atoms with E-state index < -0.39 is 0 Å².